The van der Waals surface area contributed by atoms with Crippen LogP contribution >= 0.6 is 24.0 Å². The van der Waals surface area contributed by atoms with Crippen molar-refractivity contribution in [2.45, 2.75) is 12.5 Å². The first-order valence-corrected chi connectivity index (χ1v) is 4.24. The highest BCUT2D eigenvalue weighted by atomic mass is 35.5. The molecule has 0 bridgehead atoms. The molecule has 4 heteroatoms. The summed E-state index contributed by atoms with van der Waals surface area (Å²) in [5.41, 5.74) is 6.66. The summed E-state index contributed by atoms with van der Waals surface area (Å²) in [6, 6.07) is 7.26. The van der Waals surface area contributed by atoms with E-state index in [-0.39, 0.29) is 25.1 Å². The van der Waals surface area contributed by atoms with E-state index in [0.717, 1.165) is 5.56 Å². The molecule has 74 valence electrons. The van der Waals surface area contributed by atoms with Crippen LogP contribution in [0.5, 0.6) is 0 Å². The third-order valence-corrected chi connectivity index (χ3v) is 2.09. The Morgan fingerprint density at radius 2 is 2.00 bits per heavy atom. The lowest BCUT2D eigenvalue weighted by Crippen LogP contribution is -2.12. The van der Waals surface area contributed by atoms with Gasteiger partial charge in [0.05, 0.1) is 0 Å². The van der Waals surface area contributed by atoms with Crippen molar-refractivity contribution in [3.8, 4) is 0 Å². The number of benzene rings is 1. The Morgan fingerprint density at radius 1 is 1.38 bits per heavy atom. The average molecular weight is 222 g/mol. The standard InChI is InChI=1S/C9H12ClNO.ClH/c10-8-4-2-1-3-7(8)9(11)5-6-12;/h1-4,9,12H,5-6,11H2;1H/t9-;/m0./s1. The highest BCUT2D eigenvalue weighted by molar-refractivity contribution is 6.31. The maximum Gasteiger partial charge on any atom is 0.0453 e. The van der Waals surface area contributed by atoms with Crippen molar-refractivity contribution in [3.63, 3.8) is 0 Å². The average Bonchev–Trinajstić information content (AvgIpc) is 2.05. The highest BCUT2D eigenvalue weighted by Crippen LogP contribution is 2.22. The van der Waals surface area contributed by atoms with Crippen molar-refractivity contribution in [1.82, 2.24) is 0 Å². The highest BCUT2D eigenvalue weighted by Gasteiger charge is 2.07. The number of aliphatic hydroxyl groups is 1. The summed E-state index contributed by atoms with van der Waals surface area (Å²) in [5.74, 6) is 0. The van der Waals surface area contributed by atoms with Gasteiger partial charge in [-0.2, -0.15) is 0 Å². The SMILES string of the molecule is Cl.N[C@@H](CCO)c1ccccc1Cl. The minimum absolute atomic E-state index is 0. The predicted octanol–water partition coefficient (Wildman–Crippen LogP) is 2.14. The largest absolute Gasteiger partial charge is 0.396 e. The molecule has 13 heavy (non-hydrogen) atoms. The molecule has 0 aliphatic heterocycles. The molecule has 0 saturated heterocycles. The number of halogens is 2. The first-order chi connectivity index (χ1) is 5.75. The van der Waals surface area contributed by atoms with Gasteiger partial charge < -0.3 is 10.8 Å². The zero-order valence-corrected chi connectivity index (χ0v) is 8.68. The maximum absolute atomic E-state index is 8.67. The van der Waals surface area contributed by atoms with Crippen molar-refractivity contribution >= 4 is 24.0 Å². The predicted molar refractivity (Wildman–Crippen MR) is 57.3 cm³/mol. The smallest absolute Gasteiger partial charge is 0.0453 e. The van der Waals surface area contributed by atoms with E-state index >= 15 is 0 Å². The minimum atomic E-state index is -0.163. The summed E-state index contributed by atoms with van der Waals surface area (Å²) in [6.07, 6.45) is 0.545. The van der Waals surface area contributed by atoms with Gasteiger partial charge in [0.2, 0.25) is 0 Å². The van der Waals surface area contributed by atoms with Crippen LogP contribution in [0.25, 0.3) is 0 Å². The molecule has 0 fully saturated rings. The topological polar surface area (TPSA) is 46.2 Å². The molecule has 0 amide bonds. The Hall–Kier alpha value is -0.280. The molecule has 0 radical (unpaired) electrons. The molecule has 3 N–H and O–H groups in total. The lowest BCUT2D eigenvalue weighted by molar-refractivity contribution is 0.276. The molecule has 0 heterocycles. The van der Waals surface area contributed by atoms with Crippen LogP contribution in [0.15, 0.2) is 24.3 Å². The number of hydrogen-bond acceptors (Lipinski definition) is 2. The molecule has 0 aliphatic rings. The van der Waals surface area contributed by atoms with Gasteiger partial charge in [-0.25, -0.2) is 0 Å². The van der Waals surface area contributed by atoms with E-state index in [2.05, 4.69) is 0 Å². The zero-order valence-electron chi connectivity index (χ0n) is 7.11. The fourth-order valence-electron chi connectivity index (χ4n) is 1.07. The van der Waals surface area contributed by atoms with E-state index in [1.54, 1.807) is 6.07 Å². The van der Waals surface area contributed by atoms with Gasteiger partial charge in [0.1, 0.15) is 0 Å². The fraction of sp³-hybridized carbons (Fsp3) is 0.333. The van der Waals surface area contributed by atoms with E-state index in [1.165, 1.54) is 0 Å². The van der Waals surface area contributed by atoms with Crippen LogP contribution in [0.4, 0.5) is 0 Å². The van der Waals surface area contributed by atoms with Crippen molar-refractivity contribution in [1.29, 1.82) is 0 Å². The summed E-state index contributed by atoms with van der Waals surface area (Å²) < 4.78 is 0. The Labute approximate surface area is 89.1 Å². The molecule has 1 rings (SSSR count). The Morgan fingerprint density at radius 3 is 2.54 bits per heavy atom. The molecule has 0 unspecified atom stereocenters. The molecule has 0 saturated carbocycles. The van der Waals surface area contributed by atoms with Crippen LogP contribution in [0, 0.1) is 0 Å². The van der Waals surface area contributed by atoms with Crippen molar-refractivity contribution in [2.75, 3.05) is 6.61 Å². The van der Waals surface area contributed by atoms with Crippen molar-refractivity contribution in [2.24, 2.45) is 5.73 Å². The number of aliphatic hydroxyl groups excluding tert-OH is 1. The summed E-state index contributed by atoms with van der Waals surface area (Å²) in [6.45, 7) is 0.0897. The van der Waals surface area contributed by atoms with E-state index in [4.69, 9.17) is 22.4 Å². The van der Waals surface area contributed by atoms with Crippen LogP contribution in [0.1, 0.15) is 18.0 Å². The van der Waals surface area contributed by atoms with Gasteiger partial charge in [-0.1, -0.05) is 29.8 Å². The molecule has 0 aliphatic carbocycles. The molecule has 1 atom stereocenters. The van der Waals surface area contributed by atoms with Crippen molar-refractivity contribution in [3.05, 3.63) is 34.9 Å². The summed E-state index contributed by atoms with van der Waals surface area (Å²) in [5, 5.41) is 9.33. The Balaban J connectivity index is 0.00000144. The lowest BCUT2D eigenvalue weighted by atomic mass is 10.1. The second-order valence-electron chi connectivity index (χ2n) is 2.64. The first-order valence-electron chi connectivity index (χ1n) is 3.86. The van der Waals surface area contributed by atoms with Gasteiger partial charge in [-0.05, 0) is 18.1 Å². The molecule has 0 spiro atoms. The maximum atomic E-state index is 8.67. The van der Waals surface area contributed by atoms with Gasteiger partial charge in [-0.15, -0.1) is 12.4 Å². The first kappa shape index (κ1) is 12.7. The minimum Gasteiger partial charge on any atom is -0.396 e. The van der Waals surface area contributed by atoms with E-state index < -0.39 is 0 Å². The number of nitrogens with two attached hydrogens (primary N) is 1. The normalized spacial score (nSPS) is 11.9. The van der Waals surface area contributed by atoms with Crippen LogP contribution in [-0.2, 0) is 0 Å². The third kappa shape index (κ3) is 3.53. The Bertz CT molecular complexity index is 255. The van der Waals surface area contributed by atoms with Crippen LogP contribution < -0.4 is 5.73 Å². The quantitative estimate of drug-likeness (QED) is 0.822. The molecular weight excluding hydrogens is 209 g/mol. The zero-order chi connectivity index (χ0) is 8.97. The Kier molecular flexibility index (Phi) is 6.08. The summed E-state index contributed by atoms with van der Waals surface area (Å²) in [7, 11) is 0. The van der Waals surface area contributed by atoms with Crippen LogP contribution in [0.3, 0.4) is 0 Å². The number of hydrogen-bond donors (Lipinski definition) is 2. The van der Waals surface area contributed by atoms with Gasteiger partial charge >= 0.3 is 0 Å². The molecule has 2 nitrogen and oxygen atoms in total. The van der Waals surface area contributed by atoms with Crippen LogP contribution in [0.2, 0.25) is 5.02 Å². The van der Waals surface area contributed by atoms with E-state index in [1.807, 2.05) is 18.2 Å². The van der Waals surface area contributed by atoms with Gasteiger partial charge in [-0.3, -0.25) is 0 Å². The molecule has 0 aromatic heterocycles. The lowest BCUT2D eigenvalue weighted by Gasteiger charge is -2.11. The summed E-state index contributed by atoms with van der Waals surface area (Å²) in [4.78, 5) is 0. The van der Waals surface area contributed by atoms with Crippen LogP contribution in [-0.4, -0.2) is 11.7 Å². The number of rotatable bonds is 3. The fourth-order valence-corrected chi connectivity index (χ4v) is 1.35. The molecule has 1 aromatic rings. The van der Waals surface area contributed by atoms with E-state index in [0.29, 0.717) is 11.4 Å². The third-order valence-electron chi connectivity index (χ3n) is 1.74. The van der Waals surface area contributed by atoms with Gasteiger partial charge in [0.15, 0.2) is 0 Å². The second-order valence-corrected chi connectivity index (χ2v) is 3.05. The second kappa shape index (κ2) is 6.22. The van der Waals surface area contributed by atoms with Gasteiger partial charge in [0, 0.05) is 17.7 Å². The molecular formula is C9H13Cl2NO. The van der Waals surface area contributed by atoms with Gasteiger partial charge in [0.25, 0.3) is 0 Å². The summed E-state index contributed by atoms with van der Waals surface area (Å²) >= 11 is 5.89. The monoisotopic (exact) mass is 221 g/mol. The van der Waals surface area contributed by atoms with Crippen molar-refractivity contribution < 1.29 is 5.11 Å². The molecule has 1 aromatic carbocycles. The van der Waals surface area contributed by atoms with E-state index in [9.17, 15) is 0 Å².